The van der Waals surface area contributed by atoms with Crippen molar-refractivity contribution in [1.29, 1.82) is 0 Å². The summed E-state index contributed by atoms with van der Waals surface area (Å²) in [5.41, 5.74) is 2.44. The van der Waals surface area contributed by atoms with Gasteiger partial charge in [0, 0.05) is 36.4 Å². The molecule has 2 aromatic carbocycles. The van der Waals surface area contributed by atoms with Crippen LogP contribution >= 0.6 is 11.6 Å². The van der Waals surface area contributed by atoms with Crippen LogP contribution in [0, 0.1) is 0 Å². The summed E-state index contributed by atoms with van der Waals surface area (Å²) in [6, 6.07) is 20.6. The van der Waals surface area contributed by atoms with E-state index in [1.165, 1.54) is 0 Å². The van der Waals surface area contributed by atoms with Gasteiger partial charge >= 0.3 is 0 Å². The van der Waals surface area contributed by atoms with Crippen LogP contribution in [-0.4, -0.2) is 22.9 Å². The normalized spacial score (nSPS) is 10.5. The van der Waals surface area contributed by atoms with Gasteiger partial charge in [-0.15, -0.1) is 0 Å². The number of aromatic nitrogens is 1. The fourth-order valence-electron chi connectivity index (χ4n) is 2.84. The van der Waals surface area contributed by atoms with E-state index in [1.54, 1.807) is 30.3 Å². The summed E-state index contributed by atoms with van der Waals surface area (Å²) in [7, 11) is 0. The van der Waals surface area contributed by atoms with Crippen LogP contribution < -0.4 is 10.6 Å². The van der Waals surface area contributed by atoms with E-state index in [0.717, 1.165) is 5.56 Å². The lowest BCUT2D eigenvalue weighted by molar-refractivity contribution is -0.116. The van der Waals surface area contributed by atoms with Crippen LogP contribution in [0.5, 0.6) is 0 Å². The minimum atomic E-state index is -0.140. The summed E-state index contributed by atoms with van der Waals surface area (Å²) in [4.78, 5) is 24.4. The summed E-state index contributed by atoms with van der Waals surface area (Å²) >= 11 is 5.82. The predicted molar refractivity (Wildman–Crippen MR) is 112 cm³/mol. The first kappa shape index (κ1) is 19.7. The first-order valence-electron chi connectivity index (χ1n) is 9.14. The molecule has 2 amide bonds. The van der Waals surface area contributed by atoms with Gasteiger partial charge in [0.25, 0.3) is 5.91 Å². The van der Waals surface area contributed by atoms with Gasteiger partial charge in [0.2, 0.25) is 5.91 Å². The second-order valence-corrected chi connectivity index (χ2v) is 6.86. The standard InChI is InChI=1S/C22H22ClN3O2/c23-18-10-12-19(13-11-18)25-21(27)9-4-14-24-22(28)20-8-5-15-26(20)16-17-6-2-1-3-7-17/h1-3,5-8,10-13,15H,4,9,14,16H2,(H,24,28)(H,25,27). The Bertz CT molecular complexity index is 920. The molecule has 0 atom stereocenters. The molecule has 0 saturated carbocycles. The van der Waals surface area contributed by atoms with Gasteiger partial charge in [0.15, 0.2) is 0 Å². The number of hydrogen-bond acceptors (Lipinski definition) is 2. The second-order valence-electron chi connectivity index (χ2n) is 6.42. The zero-order valence-corrected chi connectivity index (χ0v) is 16.2. The third-order valence-electron chi connectivity index (χ3n) is 4.25. The molecule has 0 spiro atoms. The van der Waals surface area contributed by atoms with E-state index < -0.39 is 0 Å². The molecule has 5 nitrogen and oxygen atoms in total. The molecule has 0 unspecified atom stereocenters. The van der Waals surface area contributed by atoms with Crippen molar-refractivity contribution in [2.75, 3.05) is 11.9 Å². The molecule has 0 aliphatic heterocycles. The number of benzene rings is 2. The second kappa shape index (κ2) is 9.76. The highest BCUT2D eigenvalue weighted by Gasteiger charge is 2.11. The SMILES string of the molecule is O=C(CCCNC(=O)c1cccn1Cc1ccccc1)Nc1ccc(Cl)cc1. The molecule has 144 valence electrons. The summed E-state index contributed by atoms with van der Waals surface area (Å²) in [5.74, 6) is -0.233. The fraction of sp³-hybridized carbons (Fsp3) is 0.182. The van der Waals surface area contributed by atoms with Crippen molar-refractivity contribution in [2.24, 2.45) is 0 Å². The predicted octanol–water partition coefficient (Wildman–Crippen LogP) is 4.34. The van der Waals surface area contributed by atoms with Gasteiger partial charge in [-0.05, 0) is 48.4 Å². The molecular weight excluding hydrogens is 374 g/mol. The molecule has 28 heavy (non-hydrogen) atoms. The van der Waals surface area contributed by atoms with Crippen molar-refractivity contribution in [1.82, 2.24) is 9.88 Å². The van der Waals surface area contributed by atoms with Gasteiger partial charge < -0.3 is 15.2 Å². The van der Waals surface area contributed by atoms with Crippen LogP contribution in [0.2, 0.25) is 5.02 Å². The maximum Gasteiger partial charge on any atom is 0.267 e. The highest BCUT2D eigenvalue weighted by Crippen LogP contribution is 2.13. The van der Waals surface area contributed by atoms with Crippen LogP contribution in [-0.2, 0) is 11.3 Å². The summed E-state index contributed by atoms with van der Waals surface area (Å²) < 4.78 is 1.91. The molecule has 0 aliphatic carbocycles. The Morgan fingerprint density at radius 2 is 1.68 bits per heavy atom. The molecule has 2 N–H and O–H groups in total. The van der Waals surface area contributed by atoms with Gasteiger partial charge in [-0.1, -0.05) is 41.9 Å². The van der Waals surface area contributed by atoms with Crippen molar-refractivity contribution in [3.05, 3.63) is 89.2 Å². The number of amides is 2. The molecule has 0 radical (unpaired) electrons. The van der Waals surface area contributed by atoms with E-state index in [1.807, 2.05) is 47.2 Å². The quantitative estimate of drug-likeness (QED) is 0.557. The van der Waals surface area contributed by atoms with Crippen molar-refractivity contribution < 1.29 is 9.59 Å². The van der Waals surface area contributed by atoms with Crippen molar-refractivity contribution in [3.63, 3.8) is 0 Å². The molecule has 3 aromatic rings. The lowest BCUT2D eigenvalue weighted by Crippen LogP contribution is -2.27. The maximum absolute atomic E-state index is 12.4. The number of nitrogens with zero attached hydrogens (tertiary/aromatic N) is 1. The smallest absolute Gasteiger partial charge is 0.267 e. The average molecular weight is 396 g/mol. The van der Waals surface area contributed by atoms with Crippen LogP contribution in [0.15, 0.2) is 72.9 Å². The molecule has 0 fully saturated rings. The van der Waals surface area contributed by atoms with Gasteiger partial charge in [-0.2, -0.15) is 0 Å². The van der Waals surface area contributed by atoms with Crippen molar-refractivity contribution in [2.45, 2.75) is 19.4 Å². The molecule has 0 aliphatic rings. The fourth-order valence-corrected chi connectivity index (χ4v) is 2.96. The lowest BCUT2D eigenvalue weighted by Gasteiger charge is -2.10. The van der Waals surface area contributed by atoms with Crippen molar-refractivity contribution in [3.8, 4) is 0 Å². The van der Waals surface area contributed by atoms with Gasteiger partial charge in [0.05, 0.1) is 0 Å². The third kappa shape index (κ3) is 5.72. The Hall–Kier alpha value is -3.05. The highest BCUT2D eigenvalue weighted by atomic mass is 35.5. The van der Waals surface area contributed by atoms with E-state index in [9.17, 15) is 9.59 Å². The van der Waals surface area contributed by atoms with Crippen LogP contribution in [0.1, 0.15) is 28.9 Å². The number of anilines is 1. The highest BCUT2D eigenvalue weighted by molar-refractivity contribution is 6.30. The molecule has 0 bridgehead atoms. The topological polar surface area (TPSA) is 63.1 Å². The minimum Gasteiger partial charge on any atom is -0.351 e. The Morgan fingerprint density at radius 3 is 2.43 bits per heavy atom. The van der Waals surface area contributed by atoms with Gasteiger partial charge in [0.1, 0.15) is 5.69 Å². The van der Waals surface area contributed by atoms with E-state index >= 15 is 0 Å². The number of hydrogen-bond donors (Lipinski definition) is 2. The molecule has 1 aromatic heterocycles. The number of halogens is 1. The summed E-state index contributed by atoms with van der Waals surface area (Å²) in [5, 5.41) is 6.31. The van der Waals surface area contributed by atoms with Crippen molar-refractivity contribution >= 4 is 29.1 Å². The first-order valence-corrected chi connectivity index (χ1v) is 9.52. The Kier molecular flexibility index (Phi) is 6.87. The molecule has 0 saturated heterocycles. The van der Waals surface area contributed by atoms with Crippen LogP contribution in [0.25, 0.3) is 0 Å². The zero-order valence-electron chi connectivity index (χ0n) is 15.4. The van der Waals surface area contributed by atoms with Gasteiger partial charge in [-0.25, -0.2) is 0 Å². The third-order valence-corrected chi connectivity index (χ3v) is 4.50. The number of carbonyl (C=O) groups excluding carboxylic acids is 2. The number of rotatable bonds is 8. The lowest BCUT2D eigenvalue weighted by atomic mass is 10.2. The van der Waals surface area contributed by atoms with E-state index in [-0.39, 0.29) is 11.8 Å². The summed E-state index contributed by atoms with van der Waals surface area (Å²) in [6.45, 7) is 1.07. The van der Waals surface area contributed by atoms with Gasteiger partial charge in [-0.3, -0.25) is 9.59 Å². The van der Waals surface area contributed by atoms with E-state index in [0.29, 0.717) is 42.3 Å². The van der Waals surface area contributed by atoms with Crippen LogP contribution in [0.4, 0.5) is 5.69 Å². The van der Waals surface area contributed by atoms with E-state index in [4.69, 9.17) is 11.6 Å². The minimum absolute atomic E-state index is 0.0935. The maximum atomic E-state index is 12.4. The molecular formula is C22H22ClN3O2. The monoisotopic (exact) mass is 395 g/mol. The number of carbonyl (C=O) groups is 2. The Labute approximate surface area is 169 Å². The van der Waals surface area contributed by atoms with Crippen LogP contribution in [0.3, 0.4) is 0 Å². The Morgan fingerprint density at radius 1 is 0.929 bits per heavy atom. The Balaban J connectivity index is 1.43. The average Bonchev–Trinajstić information content (AvgIpc) is 3.16. The summed E-state index contributed by atoms with van der Waals surface area (Å²) in [6.07, 6.45) is 2.78. The molecule has 6 heteroatoms. The first-order chi connectivity index (χ1) is 13.6. The van der Waals surface area contributed by atoms with E-state index in [2.05, 4.69) is 10.6 Å². The molecule has 1 heterocycles. The number of nitrogens with one attached hydrogen (secondary N) is 2. The zero-order chi connectivity index (χ0) is 19.8. The molecule has 3 rings (SSSR count). The largest absolute Gasteiger partial charge is 0.351 e.